The van der Waals surface area contributed by atoms with Crippen LogP contribution >= 0.6 is 0 Å². The van der Waals surface area contributed by atoms with Gasteiger partial charge in [0.15, 0.2) is 0 Å². The molecular weight excluding hydrogens is 364 g/mol. The molecule has 3 rings (SSSR count). The number of pyridine rings is 2. The number of benzene rings is 1. The largest absolute Gasteiger partial charge is 0.493 e. The van der Waals surface area contributed by atoms with Gasteiger partial charge in [0.1, 0.15) is 18.1 Å². The predicted octanol–water partition coefficient (Wildman–Crippen LogP) is 5.22. The third-order valence-electron chi connectivity index (χ3n) is 4.84. The molecule has 0 N–H and O–H groups in total. The lowest BCUT2D eigenvalue weighted by Gasteiger charge is -2.15. The van der Waals surface area contributed by atoms with Crippen molar-refractivity contribution in [2.75, 3.05) is 6.61 Å². The highest BCUT2D eigenvalue weighted by Crippen LogP contribution is 2.31. The molecule has 0 unspecified atom stereocenters. The van der Waals surface area contributed by atoms with E-state index >= 15 is 0 Å². The van der Waals surface area contributed by atoms with Gasteiger partial charge in [-0.05, 0) is 44.4 Å². The second-order valence-electron chi connectivity index (χ2n) is 7.23. The first kappa shape index (κ1) is 20.8. The molecule has 5 heteroatoms. The highest BCUT2D eigenvalue weighted by Gasteiger charge is 2.14. The number of ether oxygens (including phenoxy) is 2. The van der Waals surface area contributed by atoms with E-state index in [-0.39, 0.29) is 5.78 Å². The molecule has 2 aromatic heterocycles. The minimum Gasteiger partial charge on any atom is -0.493 e. The fourth-order valence-electron chi connectivity index (χ4n) is 3.08. The molecule has 0 aliphatic rings. The molecule has 1 aromatic carbocycles. The number of para-hydroxylation sites is 1. The number of hydrogen-bond donors (Lipinski definition) is 0. The summed E-state index contributed by atoms with van der Waals surface area (Å²) in [6.07, 6.45) is 5.10. The number of ketones is 1. The van der Waals surface area contributed by atoms with Crippen LogP contribution in [0.4, 0.5) is 0 Å². The van der Waals surface area contributed by atoms with E-state index in [0.29, 0.717) is 31.9 Å². The van der Waals surface area contributed by atoms with Crippen LogP contribution in [0, 0.1) is 6.92 Å². The van der Waals surface area contributed by atoms with Gasteiger partial charge < -0.3 is 14.3 Å². The van der Waals surface area contributed by atoms with Crippen molar-refractivity contribution in [1.82, 2.24) is 9.97 Å². The number of unbranched alkanes of at least 4 members (excludes halogenated alkanes) is 1. The summed E-state index contributed by atoms with van der Waals surface area (Å²) < 4.78 is 12.0. The van der Waals surface area contributed by atoms with E-state index in [0.717, 1.165) is 46.3 Å². The number of nitrogens with zero attached hydrogens (tertiary/aromatic N) is 2. The van der Waals surface area contributed by atoms with Gasteiger partial charge in [0.2, 0.25) is 5.88 Å². The maximum Gasteiger partial charge on any atom is 0.213 e. The van der Waals surface area contributed by atoms with E-state index in [2.05, 4.69) is 11.9 Å². The molecule has 5 nitrogen and oxygen atoms in total. The molecule has 0 amide bonds. The number of fused-ring (bicyclic) bond motifs is 1. The summed E-state index contributed by atoms with van der Waals surface area (Å²) in [5, 5.41) is 1.03. The molecule has 152 valence electrons. The van der Waals surface area contributed by atoms with Gasteiger partial charge >= 0.3 is 0 Å². The fraction of sp³-hybridized carbons (Fsp3) is 0.375. The lowest BCUT2D eigenvalue weighted by Crippen LogP contribution is -2.07. The summed E-state index contributed by atoms with van der Waals surface area (Å²) in [5.74, 6) is 1.61. The van der Waals surface area contributed by atoms with Gasteiger partial charge in [-0.2, -0.15) is 0 Å². The van der Waals surface area contributed by atoms with E-state index in [1.807, 2.05) is 43.3 Å². The summed E-state index contributed by atoms with van der Waals surface area (Å²) in [4.78, 5) is 20.2. The zero-order valence-corrected chi connectivity index (χ0v) is 17.4. The Morgan fingerprint density at radius 1 is 1.10 bits per heavy atom. The maximum atomic E-state index is 11.1. The Hall–Kier alpha value is -2.95. The van der Waals surface area contributed by atoms with Crippen LogP contribution in [0.1, 0.15) is 49.9 Å². The molecular formula is C24H28N2O3. The van der Waals surface area contributed by atoms with Gasteiger partial charge in [0, 0.05) is 29.6 Å². The normalized spacial score (nSPS) is 10.9. The lowest BCUT2D eigenvalue weighted by atomic mass is 10.1. The molecule has 29 heavy (non-hydrogen) atoms. The van der Waals surface area contributed by atoms with Gasteiger partial charge in [-0.1, -0.05) is 31.5 Å². The first-order valence-corrected chi connectivity index (χ1v) is 10.2. The van der Waals surface area contributed by atoms with Crippen molar-refractivity contribution in [3.63, 3.8) is 0 Å². The molecule has 0 saturated carbocycles. The van der Waals surface area contributed by atoms with Crippen molar-refractivity contribution in [2.45, 2.75) is 53.1 Å². The fourth-order valence-corrected chi connectivity index (χ4v) is 3.08. The number of carbonyl (C=O) groups excluding carboxylic acids is 1. The smallest absolute Gasteiger partial charge is 0.213 e. The molecule has 3 aromatic rings. The highest BCUT2D eigenvalue weighted by molar-refractivity contribution is 5.86. The maximum absolute atomic E-state index is 11.1. The number of aryl methyl sites for hydroxylation is 1. The predicted molar refractivity (Wildman–Crippen MR) is 114 cm³/mol. The summed E-state index contributed by atoms with van der Waals surface area (Å²) in [7, 11) is 0. The summed E-state index contributed by atoms with van der Waals surface area (Å²) in [6.45, 7) is 6.79. The van der Waals surface area contributed by atoms with Crippen LogP contribution in [-0.4, -0.2) is 22.4 Å². The van der Waals surface area contributed by atoms with Crippen LogP contribution in [0.5, 0.6) is 11.6 Å². The first-order valence-electron chi connectivity index (χ1n) is 10.2. The Balaban J connectivity index is 1.75. The van der Waals surface area contributed by atoms with Crippen molar-refractivity contribution in [1.29, 1.82) is 0 Å². The summed E-state index contributed by atoms with van der Waals surface area (Å²) in [6, 6.07) is 11.8. The summed E-state index contributed by atoms with van der Waals surface area (Å²) in [5.41, 5.74) is 3.77. The quantitative estimate of drug-likeness (QED) is 0.443. The van der Waals surface area contributed by atoms with Crippen LogP contribution in [0.2, 0.25) is 0 Å². The minimum atomic E-state index is 0.181. The minimum absolute atomic E-state index is 0.181. The molecule has 0 spiro atoms. The standard InChI is InChI=1S/C24H28N2O3/c1-4-5-14-28-24-18(3)22(26-21-9-7-6-8-20(21)24)16-29-23-13-12-19(15-25-23)11-10-17(2)27/h6-9,12-13,15H,4-5,10-11,14,16H2,1-3H3. The Labute approximate surface area is 172 Å². The van der Waals surface area contributed by atoms with E-state index < -0.39 is 0 Å². The van der Waals surface area contributed by atoms with Gasteiger partial charge in [-0.3, -0.25) is 0 Å². The van der Waals surface area contributed by atoms with Crippen molar-refractivity contribution in [3.05, 3.63) is 59.4 Å². The molecule has 0 bridgehead atoms. The third-order valence-corrected chi connectivity index (χ3v) is 4.84. The van der Waals surface area contributed by atoms with Crippen molar-refractivity contribution < 1.29 is 14.3 Å². The van der Waals surface area contributed by atoms with E-state index in [1.54, 1.807) is 13.1 Å². The second-order valence-corrected chi connectivity index (χ2v) is 7.23. The monoisotopic (exact) mass is 392 g/mol. The topological polar surface area (TPSA) is 61.3 Å². The number of Topliss-reactive ketones (excluding diaryl/α,β-unsaturated/α-hetero) is 1. The number of hydrogen-bond acceptors (Lipinski definition) is 5. The second kappa shape index (κ2) is 10.0. The molecule has 0 saturated heterocycles. The van der Waals surface area contributed by atoms with Crippen molar-refractivity contribution in [3.8, 4) is 11.6 Å². The molecule has 0 fully saturated rings. The molecule has 0 aliphatic carbocycles. The number of rotatable bonds is 10. The van der Waals surface area contributed by atoms with Gasteiger partial charge in [0.25, 0.3) is 0 Å². The third kappa shape index (κ3) is 5.53. The number of carbonyl (C=O) groups is 1. The Morgan fingerprint density at radius 2 is 1.93 bits per heavy atom. The first-order chi connectivity index (χ1) is 14.1. The SMILES string of the molecule is CCCCOc1c(C)c(COc2ccc(CCC(C)=O)cn2)nc2ccccc12. The number of aromatic nitrogens is 2. The Bertz CT molecular complexity index is 968. The average molecular weight is 392 g/mol. The zero-order valence-electron chi connectivity index (χ0n) is 17.4. The van der Waals surface area contributed by atoms with Crippen LogP contribution in [-0.2, 0) is 17.8 Å². The van der Waals surface area contributed by atoms with E-state index in [4.69, 9.17) is 14.5 Å². The van der Waals surface area contributed by atoms with Gasteiger partial charge in [-0.25, -0.2) is 9.97 Å². The van der Waals surface area contributed by atoms with Crippen LogP contribution in [0.15, 0.2) is 42.6 Å². The van der Waals surface area contributed by atoms with E-state index in [9.17, 15) is 4.79 Å². The van der Waals surface area contributed by atoms with Crippen molar-refractivity contribution >= 4 is 16.7 Å². The lowest BCUT2D eigenvalue weighted by molar-refractivity contribution is -0.116. The Kier molecular flexibility index (Phi) is 7.17. The summed E-state index contributed by atoms with van der Waals surface area (Å²) >= 11 is 0. The van der Waals surface area contributed by atoms with Gasteiger partial charge in [-0.15, -0.1) is 0 Å². The van der Waals surface area contributed by atoms with Crippen LogP contribution in [0.25, 0.3) is 10.9 Å². The molecule has 0 aliphatic heterocycles. The average Bonchev–Trinajstić information content (AvgIpc) is 2.73. The van der Waals surface area contributed by atoms with Crippen LogP contribution < -0.4 is 9.47 Å². The zero-order chi connectivity index (χ0) is 20.6. The molecule has 0 radical (unpaired) electrons. The van der Waals surface area contributed by atoms with Crippen molar-refractivity contribution in [2.24, 2.45) is 0 Å². The highest BCUT2D eigenvalue weighted by atomic mass is 16.5. The molecule has 0 atom stereocenters. The van der Waals surface area contributed by atoms with Crippen LogP contribution in [0.3, 0.4) is 0 Å². The van der Waals surface area contributed by atoms with Gasteiger partial charge in [0.05, 0.1) is 17.8 Å². The van der Waals surface area contributed by atoms with E-state index in [1.165, 1.54) is 0 Å². The Morgan fingerprint density at radius 3 is 2.66 bits per heavy atom. The molecule has 2 heterocycles.